The van der Waals surface area contributed by atoms with Crippen molar-refractivity contribution in [1.29, 1.82) is 0 Å². The summed E-state index contributed by atoms with van der Waals surface area (Å²) in [5, 5.41) is 2.73. The lowest BCUT2D eigenvalue weighted by molar-refractivity contribution is 0.221. The van der Waals surface area contributed by atoms with E-state index in [-0.39, 0.29) is 10.9 Å². The third-order valence-electron chi connectivity index (χ3n) is 3.79. The van der Waals surface area contributed by atoms with Gasteiger partial charge in [0.05, 0.1) is 4.90 Å². The van der Waals surface area contributed by atoms with E-state index >= 15 is 0 Å². The quantitative estimate of drug-likeness (QED) is 0.616. The summed E-state index contributed by atoms with van der Waals surface area (Å²) < 4.78 is 25.9. The molecular weight excluding hydrogens is 332 g/mol. The van der Waals surface area contributed by atoms with Crippen LogP contribution >= 0.6 is 0 Å². The second-order valence-corrected chi connectivity index (χ2v) is 7.49. The van der Waals surface area contributed by atoms with Crippen molar-refractivity contribution >= 4 is 22.1 Å². The Morgan fingerprint density at radius 2 is 1.54 bits per heavy atom. The van der Waals surface area contributed by atoms with Crippen molar-refractivity contribution in [3.63, 3.8) is 0 Å². The largest absolute Gasteiger partial charge is 0.347 e. The summed E-state index contributed by atoms with van der Waals surface area (Å²) in [6, 6.07) is 4.53. The molecule has 0 radical (unpaired) electrons. The van der Waals surface area contributed by atoms with Crippen LogP contribution in [0.5, 0.6) is 0 Å². The van der Waals surface area contributed by atoms with Crippen LogP contribution in [-0.2, 0) is 10.0 Å². The zero-order chi connectivity index (χ0) is 17.6. The summed E-state index contributed by atoms with van der Waals surface area (Å²) in [7, 11) is -3.99. The Hall–Kier alpha value is -2.29. The summed E-state index contributed by atoms with van der Waals surface area (Å²) in [5.74, 6) is 0. The van der Waals surface area contributed by atoms with Crippen molar-refractivity contribution in [2.75, 3.05) is 0 Å². The standard InChI is InChI=1S/C15H22N4O4S/c1-11-7-9-13(10-8-11)24(22,23)19-15(21)18-17-14(20)16-12-5-3-2-4-6-12/h7-10,12H,2-6H2,1H3,(H2,16,17,20)(H2,18,19,21). The van der Waals surface area contributed by atoms with Crippen LogP contribution < -0.4 is 20.9 Å². The van der Waals surface area contributed by atoms with Gasteiger partial charge in [0.1, 0.15) is 0 Å². The number of rotatable bonds is 3. The maximum atomic E-state index is 12.0. The first-order valence-electron chi connectivity index (χ1n) is 7.83. The van der Waals surface area contributed by atoms with Crippen LogP contribution in [0.1, 0.15) is 37.7 Å². The van der Waals surface area contributed by atoms with E-state index in [1.54, 1.807) is 12.1 Å². The van der Waals surface area contributed by atoms with Crippen LogP contribution in [0.25, 0.3) is 0 Å². The van der Waals surface area contributed by atoms with Gasteiger partial charge >= 0.3 is 12.1 Å². The first-order valence-corrected chi connectivity index (χ1v) is 9.31. The fourth-order valence-electron chi connectivity index (χ4n) is 2.51. The Morgan fingerprint density at radius 1 is 0.958 bits per heavy atom. The molecule has 1 aliphatic rings. The highest BCUT2D eigenvalue weighted by Crippen LogP contribution is 2.17. The van der Waals surface area contributed by atoms with Gasteiger partial charge < -0.3 is 5.32 Å². The molecule has 1 aliphatic carbocycles. The zero-order valence-electron chi connectivity index (χ0n) is 13.5. The van der Waals surface area contributed by atoms with Gasteiger partial charge in [-0.3, -0.25) is 0 Å². The van der Waals surface area contributed by atoms with Crippen molar-refractivity contribution in [2.24, 2.45) is 0 Å². The minimum absolute atomic E-state index is 0.0325. The average molecular weight is 354 g/mol. The van der Waals surface area contributed by atoms with Gasteiger partial charge in [-0.05, 0) is 31.9 Å². The highest BCUT2D eigenvalue weighted by molar-refractivity contribution is 7.90. The van der Waals surface area contributed by atoms with E-state index in [9.17, 15) is 18.0 Å². The number of sulfonamides is 1. The summed E-state index contributed by atoms with van der Waals surface area (Å²) >= 11 is 0. The Kier molecular flexibility index (Phi) is 6.02. The Bertz CT molecular complexity index is 682. The Labute approximate surface area is 141 Å². The van der Waals surface area contributed by atoms with Gasteiger partial charge in [0.25, 0.3) is 10.0 Å². The molecule has 1 fully saturated rings. The van der Waals surface area contributed by atoms with Crippen LogP contribution in [-0.4, -0.2) is 26.5 Å². The molecule has 0 atom stereocenters. The summed E-state index contributed by atoms with van der Waals surface area (Å²) in [5.41, 5.74) is 5.06. The average Bonchev–Trinajstić information content (AvgIpc) is 2.54. The fraction of sp³-hybridized carbons (Fsp3) is 0.467. The van der Waals surface area contributed by atoms with Crippen molar-refractivity contribution < 1.29 is 18.0 Å². The summed E-state index contributed by atoms with van der Waals surface area (Å²) in [4.78, 5) is 23.3. The SMILES string of the molecule is Cc1ccc(S(=O)(=O)NC(=O)NNC(=O)NC2CCCCC2)cc1. The topological polar surface area (TPSA) is 116 Å². The molecular formula is C15H22N4O4S. The Morgan fingerprint density at radius 3 is 2.17 bits per heavy atom. The Balaban J connectivity index is 1.79. The molecule has 0 bridgehead atoms. The van der Waals surface area contributed by atoms with Crippen LogP contribution in [0.3, 0.4) is 0 Å². The fourth-order valence-corrected chi connectivity index (χ4v) is 3.41. The summed E-state index contributed by atoms with van der Waals surface area (Å²) in [6.07, 6.45) is 5.10. The number of amides is 4. The van der Waals surface area contributed by atoms with Crippen molar-refractivity contribution in [3.05, 3.63) is 29.8 Å². The number of hydrazine groups is 1. The molecule has 9 heteroatoms. The number of nitrogens with one attached hydrogen (secondary N) is 4. The molecule has 4 amide bonds. The van der Waals surface area contributed by atoms with Gasteiger partial charge in [0.15, 0.2) is 0 Å². The number of hydrogen-bond acceptors (Lipinski definition) is 4. The molecule has 0 aromatic heterocycles. The minimum Gasteiger partial charge on any atom is -0.334 e. The first-order chi connectivity index (χ1) is 11.4. The van der Waals surface area contributed by atoms with Crippen LogP contribution in [0.4, 0.5) is 9.59 Å². The molecule has 4 N–H and O–H groups in total. The van der Waals surface area contributed by atoms with Gasteiger partial charge in [0.2, 0.25) is 0 Å². The lowest BCUT2D eigenvalue weighted by Gasteiger charge is -2.22. The lowest BCUT2D eigenvalue weighted by Crippen LogP contribution is -2.53. The molecule has 24 heavy (non-hydrogen) atoms. The molecule has 8 nitrogen and oxygen atoms in total. The molecule has 1 aromatic carbocycles. The zero-order valence-corrected chi connectivity index (χ0v) is 14.3. The molecule has 1 saturated carbocycles. The van der Waals surface area contributed by atoms with E-state index in [0.717, 1.165) is 37.7 Å². The minimum atomic E-state index is -3.99. The molecule has 1 aromatic rings. The molecule has 0 aliphatic heterocycles. The number of carbonyl (C=O) groups is 2. The predicted octanol–water partition coefficient (Wildman–Crippen LogP) is 1.53. The van der Waals surface area contributed by atoms with E-state index in [1.807, 2.05) is 17.1 Å². The van der Waals surface area contributed by atoms with Crippen molar-refractivity contribution in [3.8, 4) is 0 Å². The van der Waals surface area contributed by atoms with E-state index < -0.39 is 22.1 Å². The molecule has 2 rings (SSSR count). The van der Waals surface area contributed by atoms with E-state index in [2.05, 4.69) is 10.7 Å². The van der Waals surface area contributed by atoms with Crippen molar-refractivity contribution in [1.82, 2.24) is 20.9 Å². The van der Waals surface area contributed by atoms with Crippen LogP contribution in [0.2, 0.25) is 0 Å². The lowest BCUT2D eigenvalue weighted by atomic mass is 9.96. The highest BCUT2D eigenvalue weighted by Gasteiger charge is 2.19. The van der Waals surface area contributed by atoms with Crippen LogP contribution in [0.15, 0.2) is 29.2 Å². The van der Waals surface area contributed by atoms with E-state index in [1.165, 1.54) is 12.1 Å². The number of carbonyl (C=O) groups excluding carboxylic acids is 2. The highest BCUT2D eigenvalue weighted by atomic mass is 32.2. The predicted molar refractivity (Wildman–Crippen MR) is 88.6 cm³/mol. The van der Waals surface area contributed by atoms with Gasteiger partial charge in [-0.25, -0.2) is 33.6 Å². The summed E-state index contributed by atoms with van der Waals surface area (Å²) in [6.45, 7) is 1.82. The number of benzene rings is 1. The van der Waals surface area contributed by atoms with Crippen molar-refractivity contribution in [2.45, 2.75) is 50.0 Å². The monoisotopic (exact) mass is 354 g/mol. The molecule has 0 heterocycles. The maximum Gasteiger partial charge on any atom is 0.347 e. The van der Waals surface area contributed by atoms with Gasteiger partial charge in [0, 0.05) is 6.04 Å². The van der Waals surface area contributed by atoms with E-state index in [4.69, 9.17) is 0 Å². The first kappa shape index (κ1) is 18.1. The smallest absolute Gasteiger partial charge is 0.334 e. The number of aryl methyl sites for hydroxylation is 1. The second-order valence-electron chi connectivity index (χ2n) is 5.81. The second kappa shape index (κ2) is 8.00. The third kappa shape index (κ3) is 5.41. The molecule has 0 saturated heterocycles. The molecule has 132 valence electrons. The number of urea groups is 2. The maximum absolute atomic E-state index is 12.0. The molecule has 0 unspecified atom stereocenters. The number of hydrogen-bond donors (Lipinski definition) is 4. The van der Waals surface area contributed by atoms with E-state index in [0.29, 0.717) is 0 Å². The third-order valence-corrected chi connectivity index (χ3v) is 5.14. The normalized spacial score (nSPS) is 15.4. The van der Waals surface area contributed by atoms with Gasteiger partial charge in [-0.2, -0.15) is 0 Å². The van der Waals surface area contributed by atoms with Gasteiger partial charge in [-0.1, -0.05) is 37.0 Å². The van der Waals surface area contributed by atoms with Crippen LogP contribution in [0, 0.1) is 6.92 Å². The van der Waals surface area contributed by atoms with Gasteiger partial charge in [-0.15, -0.1) is 0 Å². The molecule has 0 spiro atoms.